The Morgan fingerprint density at radius 2 is 1.25 bits per heavy atom. The van der Waals surface area contributed by atoms with Crippen molar-refractivity contribution in [3.05, 3.63) is 12.2 Å². The molecule has 2 saturated carbocycles. The monoisotopic (exact) mass is 334 g/mol. The van der Waals surface area contributed by atoms with Crippen molar-refractivity contribution >= 4 is 0 Å². The molecule has 0 aromatic heterocycles. The minimum atomic E-state index is 0.582. The number of allylic oxidation sites excluding steroid dienone is 2. The second-order valence-corrected chi connectivity index (χ2v) is 8.43. The molecule has 0 unspecified atom stereocenters. The molecule has 0 aromatic rings. The Labute approximate surface area is 151 Å². The second-order valence-electron chi connectivity index (χ2n) is 8.43. The molecule has 0 saturated heterocycles. The number of hydrogen-bond acceptors (Lipinski definition) is 1. The molecule has 2 rings (SSSR count). The van der Waals surface area contributed by atoms with Gasteiger partial charge in [-0.3, -0.25) is 0 Å². The fraction of sp³-hybridized carbons (Fsp3) is 0.913. The van der Waals surface area contributed by atoms with Crippen molar-refractivity contribution in [2.24, 2.45) is 17.8 Å². The molecule has 0 heterocycles. The Morgan fingerprint density at radius 3 is 1.79 bits per heavy atom. The Morgan fingerprint density at radius 1 is 0.708 bits per heavy atom. The molecule has 0 atom stereocenters. The average Bonchev–Trinajstić information content (AvgIpc) is 2.64. The van der Waals surface area contributed by atoms with Crippen LogP contribution in [0.3, 0.4) is 0 Å². The number of ether oxygens (including phenoxy) is 1. The minimum absolute atomic E-state index is 0.582. The van der Waals surface area contributed by atoms with Crippen LogP contribution in [0.4, 0.5) is 0 Å². The summed E-state index contributed by atoms with van der Waals surface area (Å²) in [6.07, 6.45) is 24.9. The SMILES string of the molecule is CC/C=C/CCC1CCC(CCC2CCC(OCCC)CC2)CC1. The quantitative estimate of drug-likeness (QED) is 0.381. The largest absolute Gasteiger partial charge is 0.378 e. The van der Waals surface area contributed by atoms with E-state index in [4.69, 9.17) is 4.74 Å². The van der Waals surface area contributed by atoms with Crippen LogP contribution in [0, 0.1) is 17.8 Å². The Hall–Kier alpha value is -0.300. The van der Waals surface area contributed by atoms with E-state index < -0.39 is 0 Å². The molecule has 0 aliphatic heterocycles. The molecule has 0 radical (unpaired) electrons. The first-order chi connectivity index (χ1) is 11.8. The van der Waals surface area contributed by atoms with Crippen molar-refractivity contribution in [3.63, 3.8) is 0 Å². The molecule has 2 aliphatic carbocycles. The molecule has 0 aromatic carbocycles. The Kier molecular flexibility index (Phi) is 10.1. The van der Waals surface area contributed by atoms with E-state index in [1.807, 2.05) is 0 Å². The number of hydrogen-bond donors (Lipinski definition) is 0. The predicted octanol–water partition coefficient (Wildman–Crippen LogP) is 7.30. The average molecular weight is 335 g/mol. The summed E-state index contributed by atoms with van der Waals surface area (Å²) in [5.74, 6) is 3.07. The van der Waals surface area contributed by atoms with Crippen LogP contribution in [-0.2, 0) is 4.74 Å². The summed E-state index contributed by atoms with van der Waals surface area (Å²) in [7, 11) is 0. The van der Waals surface area contributed by atoms with Crippen molar-refractivity contribution in [2.45, 2.75) is 110 Å². The normalized spacial score (nSPS) is 31.6. The highest BCUT2D eigenvalue weighted by atomic mass is 16.5. The number of rotatable bonds is 10. The fourth-order valence-corrected chi connectivity index (χ4v) is 4.77. The smallest absolute Gasteiger partial charge is 0.0575 e. The lowest BCUT2D eigenvalue weighted by Gasteiger charge is -2.32. The van der Waals surface area contributed by atoms with Crippen LogP contribution in [-0.4, -0.2) is 12.7 Å². The lowest BCUT2D eigenvalue weighted by molar-refractivity contribution is 0.0168. The third-order valence-corrected chi connectivity index (χ3v) is 6.44. The highest BCUT2D eigenvalue weighted by Crippen LogP contribution is 2.37. The van der Waals surface area contributed by atoms with Crippen molar-refractivity contribution in [1.82, 2.24) is 0 Å². The third-order valence-electron chi connectivity index (χ3n) is 6.44. The van der Waals surface area contributed by atoms with Gasteiger partial charge in [-0.05, 0) is 69.1 Å². The zero-order chi connectivity index (χ0) is 17.0. The van der Waals surface area contributed by atoms with E-state index in [0.717, 1.165) is 30.8 Å². The Balaban J connectivity index is 1.51. The van der Waals surface area contributed by atoms with Gasteiger partial charge >= 0.3 is 0 Å². The first-order valence-electron chi connectivity index (χ1n) is 11.1. The van der Waals surface area contributed by atoms with Gasteiger partial charge in [0.2, 0.25) is 0 Å². The van der Waals surface area contributed by atoms with E-state index >= 15 is 0 Å². The topological polar surface area (TPSA) is 9.23 Å². The van der Waals surface area contributed by atoms with Crippen LogP contribution < -0.4 is 0 Å². The highest BCUT2D eigenvalue weighted by molar-refractivity contribution is 4.82. The van der Waals surface area contributed by atoms with Gasteiger partial charge in [-0.25, -0.2) is 0 Å². The van der Waals surface area contributed by atoms with Crippen LogP contribution in [0.15, 0.2) is 12.2 Å². The lowest BCUT2D eigenvalue weighted by Crippen LogP contribution is -2.23. The first-order valence-corrected chi connectivity index (χ1v) is 11.1. The molecule has 0 spiro atoms. The Bertz CT molecular complexity index is 319. The molecule has 1 nitrogen and oxygen atoms in total. The lowest BCUT2D eigenvalue weighted by atomic mass is 9.76. The van der Waals surface area contributed by atoms with Gasteiger partial charge in [0.05, 0.1) is 6.10 Å². The van der Waals surface area contributed by atoms with Gasteiger partial charge in [-0.2, -0.15) is 0 Å². The maximum absolute atomic E-state index is 5.93. The molecule has 0 amide bonds. The summed E-state index contributed by atoms with van der Waals surface area (Å²) in [4.78, 5) is 0. The van der Waals surface area contributed by atoms with Crippen molar-refractivity contribution < 1.29 is 4.74 Å². The molecular formula is C23H42O. The van der Waals surface area contributed by atoms with E-state index in [-0.39, 0.29) is 0 Å². The van der Waals surface area contributed by atoms with Crippen molar-refractivity contribution in [1.29, 1.82) is 0 Å². The van der Waals surface area contributed by atoms with Gasteiger partial charge in [-0.15, -0.1) is 0 Å². The molecule has 140 valence electrons. The van der Waals surface area contributed by atoms with Crippen LogP contribution in [0.5, 0.6) is 0 Å². The predicted molar refractivity (Wildman–Crippen MR) is 105 cm³/mol. The van der Waals surface area contributed by atoms with Gasteiger partial charge in [0.1, 0.15) is 0 Å². The summed E-state index contributed by atoms with van der Waals surface area (Å²) in [6, 6.07) is 0. The van der Waals surface area contributed by atoms with Gasteiger partial charge in [0, 0.05) is 6.61 Å². The van der Waals surface area contributed by atoms with Crippen LogP contribution in [0.1, 0.15) is 104 Å². The van der Waals surface area contributed by atoms with Crippen molar-refractivity contribution in [3.8, 4) is 0 Å². The minimum Gasteiger partial charge on any atom is -0.378 e. The first kappa shape index (κ1) is 20.0. The summed E-state index contributed by atoms with van der Waals surface area (Å²) < 4.78 is 5.93. The standard InChI is InChI=1S/C23H42O/c1-3-5-6-7-8-20-9-11-21(12-10-20)13-14-22-15-17-23(18-16-22)24-19-4-2/h5-6,20-23H,3-4,7-19H2,1-2H3/b6-5+. The maximum Gasteiger partial charge on any atom is 0.0575 e. The van der Waals surface area contributed by atoms with E-state index in [9.17, 15) is 0 Å². The molecule has 2 aliphatic rings. The fourth-order valence-electron chi connectivity index (χ4n) is 4.77. The summed E-state index contributed by atoms with van der Waals surface area (Å²) in [5.41, 5.74) is 0. The maximum atomic E-state index is 5.93. The molecule has 2 fully saturated rings. The highest BCUT2D eigenvalue weighted by Gasteiger charge is 2.24. The molecular weight excluding hydrogens is 292 g/mol. The summed E-state index contributed by atoms with van der Waals surface area (Å²) in [5, 5.41) is 0. The van der Waals surface area contributed by atoms with Crippen LogP contribution in [0.2, 0.25) is 0 Å². The van der Waals surface area contributed by atoms with E-state index in [0.29, 0.717) is 6.10 Å². The summed E-state index contributed by atoms with van der Waals surface area (Å²) >= 11 is 0. The third kappa shape index (κ3) is 7.72. The van der Waals surface area contributed by atoms with E-state index in [2.05, 4.69) is 26.0 Å². The molecule has 24 heavy (non-hydrogen) atoms. The second kappa shape index (κ2) is 12.1. The van der Waals surface area contributed by atoms with Crippen LogP contribution >= 0.6 is 0 Å². The van der Waals surface area contributed by atoms with Crippen molar-refractivity contribution in [2.75, 3.05) is 6.61 Å². The van der Waals surface area contributed by atoms with E-state index in [1.165, 1.54) is 83.5 Å². The van der Waals surface area contributed by atoms with Crippen LogP contribution in [0.25, 0.3) is 0 Å². The molecule has 0 bridgehead atoms. The van der Waals surface area contributed by atoms with Gasteiger partial charge in [0.15, 0.2) is 0 Å². The van der Waals surface area contributed by atoms with E-state index in [1.54, 1.807) is 0 Å². The van der Waals surface area contributed by atoms with Gasteiger partial charge in [-0.1, -0.05) is 64.5 Å². The van der Waals surface area contributed by atoms with Gasteiger partial charge in [0.25, 0.3) is 0 Å². The molecule has 1 heteroatoms. The zero-order valence-corrected chi connectivity index (χ0v) is 16.5. The van der Waals surface area contributed by atoms with Gasteiger partial charge < -0.3 is 4.74 Å². The zero-order valence-electron chi connectivity index (χ0n) is 16.5. The molecule has 0 N–H and O–H groups in total. The summed E-state index contributed by atoms with van der Waals surface area (Å²) in [6.45, 7) is 5.40.